The van der Waals surface area contributed by atoms with Crippen molar-refractivity contribution in [3.05, 3.63) is 23.9 Å². The topological polar surface area (TPSA) is 28.2 Å². The first-order valence-corrected chi connectivity index (χ1v) is 7.10. The second kappa shape index (κ2) is 6.19. The van der Waals surface area contributed by atoms with Gasteiger partial charge in [-0.05, 0) is 37.8 Å². The molecule has 0 radical (unpaired) electrons. The van der Waals surface area contributed by atoms with E-state index in [4.69, 9.17) is 0 Å². The Morgan fingerprint density at radius 1 is 1.50 bits per heavy atom. The number of hydrogen-bond acceptors (Lipinski definition) is 3. The van der Waals surface area contributed by atoms with Gasteiger partial charge in [0.15, 0.2) is 0 Å². The first kappa shape index (κ1) is 13.3. The summed E-state index contributed by atoms with van der Waals surface area (Å²) in [4.78, 5) is 6.98. The minimum atomic E-state index is 0.803. The van der Waals surface area contributed by atoms with E-state index in [1.165, 1.54) is 25.1 Å². The van der Waals surface area contributed by atoms with E-state index in [1.807, 2.05) is 12.3 Å². The molecule has 0 aliphatic carbocycles. The molecule has 3 heteroatoms. The molecule has 1 saturated heterocycles. The third-order valence-electron chi connectivity index (χ3n) is 3.88. The van der Waals surface area contributed by atoms with Crippen LogP contribution in [0.4, 0.5) is 5.82 Å². The minimum absolute atomic E-state index is 0.803. The van der Waals surface area contributed by atoms with Crippen molar-refractivity contribution >= 4 is 5.82 Å². The normalized spacial score (nSPS) is 20.6. The molecular weight excluding hydrogens is 222 g/mol. The highest BCUT2D eigenvalue weighted by molar-refractivity contribution is 5.43. The van der Waals surface area contributed by atoms with Crippen LogP contribution in [0.1, 0.15) is 32.8 Å². The van der Waals surface area contributed by atoms with Crippen LogP contribution in [0.15, 0.2) is 18.3 Å². The van der Waals surface area contributed by atoms with Gasteiger partial charge in [-0.2, -0.15) is 0 Å². The van der Waals surface area contributed by atoms with Crippen molar-refractivity contribution in [1.82, 2.24) is 9.88 Å². The summed E-state index contributed by atoms with van der Waals surface area (Å²) in [5.74, 6) is 2.72. The number of rotatable bonds is 5. The Morgan fingerprint density at radius 2 is 2.33 bits per heavy atom. The van der Waals surface area contributed by atoms with Gasteiger partial charge in [0, 0.05) is 31.4 Å². The molecule has 1 aromatic rings. The predicted molar refractivity (Wildman–Crippen MR) is 76.6 cm³/mol. The number of aromatic nitrogens is 1. The van der Waals surface area contributed by atoms with Gasteiger partial charge in [0.05, 0.1) is 0 Å². The van der Waals surface area contributed by atoms with E-state index in [2.05, 4.69) is 42.0 Å². The highest BCUT2D eigenvalue weighted by Crippen LogP contribution is 2.25. The maximum Gasteiger partial charge on any atom is 0.130 e. The number of hydrogen-bond donors (Lipinski definition) is 1. The van der Waals surface area contributed by atoms with Gasteiger partial charge in [0.25, 0.3) is 0 Å². The quantitative estimate of drug-likeness (QED) is 0.867. The van der Waals surface area contributed by atoms with Crippen LogP contribution in [-0.4, -0.2) is 29.5 Å². The smallest absolute Gasteiger partial charge is 0.130 e. The van der Waals surface area contributed by atoms with Crippen molar-refractivity contribution in [2.45, 2.75) is 33.7 Å². The van der Waals surface area contributed by atoms with Crippen LogP contribution >= 0.6 is 0 Å². The summed E-state index contributed by atoms with van der Waals surface area (Å²) >= 11 is 0. The highest BCUT2D eigenvalue weighted by atomic mass is 15.1. The predicted octanol–water partition coefficient (Wildman–Crippen LogP) is 2.99. The zero-order valence-corrected chi connectivity index (χ0v) is 11.8. The van der Waals surface area contributed by atoms with Crippen LogP contribution in [0.2, 0.25) is 0 Å². The van der Waals surface area contributed by atoms with Crippen LogP contribution in [0.5, 0.6) is 0 Å². The van der Waals surface area contributed by atoms with Gasteiger partial charge in [0.2, 0.25) is 0 Å². The summed E-state index contributed by atoms with van der Waals surface area (Å²) in [6.07, 6.45) is 3.21. The average molecular weight is 247 g/mol. The number of nitrogens with zero attached hydrogens (tertiary/aromatic N) is 2. The summed E-state index contributed by atoms with van der Waals surface area (Å²) < 4.78 is 0. The van der Waals surface area contributed by atoms with Crippen molar-refractivity contribution in [1.29, 1.82) is 0 Å². The van der Waals surface area contributed by atoms with E-state index in [-0.39, 0.29) is 0 Å². The van der Waals surface area contributed by atoms with Gasteiger partial charge in [-0.1, -0.05) is 19.9 Å². The molecule has 2 heterocycles. The number of anilines is 1. The lowest BCUT2D eigenvalue weighted by Gasteiger charge is -2.19. The zero-order chi connectivity index (χ0) is 13.0. The third kappa shape index (κ3) is 3.22. The molecule has 3 nitrogen and oxygen atoms in total. The van der Waals surface area contributed by atoms with Gasteiger partial charge in [-0.3, -0.25) is 4.90 Å². The standard InChI is InChI=1S/C15H25N3/c1-4-16-15-14(6-5-8-17-15)11-18-9-7-13(10-18)12(2)3/h5-6,8,12-13H,4,7,9-11H2,1-3H3,(H,16,17). The molecule has 2 rings (SSSR count). The molecule has 1 atom stereocenters. The lowest BCUT2D eigenvalue weighted by atomic mass is 9.95. The summed E-state index contributed by atoms with van der Waals surface area (Å²) in [5, 5.41) is 3.35. The van der Waals surface area contributed by atoms with Crippen LogP contribution in [0, 0.1) is 11.8 Å². The zero-order valence-electron chi connectivity index (χ0n) is 11.8. The molecule has 1 fully saturated rings. The lowest BCUT2D eigenvalue weighted by Crippen LogP contribution is -2.22. The van der Waals surface area contributed by atoms with Gasteiger partial charge in [-0.15, -0.1) is 0 Å². The average Bonchev–Trinajstić information content (AvgIpc) is 2.81. The minimum Gasteiger partial charge on any atom is -0.370 e. The van der Waals surface area contributed by atoms with Crippen LogP contribution in [0.25, 0.3) is 0 Å². The largest absolute Gasteiger partial charge is 0.370 e. The molecule has 0 aromatic carbocycles. The van der Waals surface area contributed by atoms with E-state index < -0.39 is 0 Å². The van der Waals surface area contributed by atoms with Gasteiger partial charge < -0.3 is 5.32 Å². The van der Waals surface area contributed by atoms with E-state index in [0.717, 1.165) is 30.7 Å². The highest BCUT2D eigenvalue weighted by Gasteiger charge is 2.25. The second-order valence-electron chi connectivity index (χ2n) is 5.57. The van der Waals surface area contributed by atoms with E-state index in [0.29, 0.717) is 0 Å². The number of pyridine rings is 1. The molecule has 0 bridgehead atoms. The van der Waals surface area contributed by atoms with Crippen LogP contribution < -0.4 is 5.32 Å². The Kier molecular flexibility index (Phi) is 4.59. The van der Waals surface area contributed by atoms with Crippen molar-refractivity contribution in [2.75, 3.05) is 25.0 Å². The fourth-order valence-electron chi connectivity index (χ4n) is 2.68. The van der Waals surface area contributed by atoms with Crippen molar-refractivity contribution in [3.8, 4) is 0 Å². The molecule has 1 N–H and O–H groups in total. The van der Waals surface area contributed by atoms with Crippen molar-refractivity contribution in [3.63, 3.8) is 0 Å². The van der Waals surface area contributed by atoms with E-state index in [9.17, 15) is 0 Å². The van der Waals surface area contributed by atoms with E-state index in [1.54, 1.807) is 0 Å². The number of nitrogens with one attached hydrogen (secondary N) is 1. The molecule has 1 aliphatic heterocycles. The first-order valence-electron chi connectivity index (χ1n) is 7.10. The monoisotopic (exact) mass is 247 g/mol. The Hall–Kier alpha value is -1.09. The molecular formula is C15H25N3. The number of likely N-dealkylation sites (tertiary alicyclic amines) is 1. The fourth-order valence-corrected chi connectivity index (χ4v) is 2.68. The van der Waals surface area contributed by atoms with Crippen molar-refractivity contribution < 1.29 is 0 Å². The molecule has 18 heavy (non-hydrogen) atoms. The van der Waals surface area contributed by atoms with Gasteiger partial charge in [0.1, 0.15) is 5.82 Å². The summed E-state index contributed by atoms with van der Waals surface area (Å²) in [7, 11) is 0. The third-order valence-corrected chi connectivity index (χ3v) is 3.88. The second-order valence-corrected chi connectivity index (χ2v) is 5.57. The van der Waals surface area contributed by atoms with Crippen molar-refractivity contribution in [2.24, 2.45) is 11.8 Å². The van der Waals surface area contributed by atoms with Gasteiger partial charge >= 0.3 is 0 Å². The van der Waals surface area contributed by atoms with Gasteiger partial charge in [-0.25, -0.2) is 4.98 Å². The Bertz CT molecular complexity index is 376. The summed E-state index contributed by atoms with van der Waals surface area (Å²) in [6, 6.07) is 4.22. The Balaban J connectivity index is 1.98. The molecule has 0 saturated carbocycles. The van der Waals surface area contributed by atoms with E-state index >= 15 is 0 Å². The maximum absolute atomic E-state index is 4.43. The SMILES string of the molecule is CCNc1ncccc1CN1CCC(C(C)C)C1. The first-order chi connectivity index (χ1) is 8.70. The fraction of sp³-hybridized carbons (Fsp3) is 0.667. The molecule has 1 unspecified atom stereocenters. The lowest BCUT2D eigenvalue weighted by molar-refractivity contribution is 0.297. The molecule has 1 aromatic heterocycles. The summed E-state index contributed by atoms with van der Waals surface area (Å²) in [5.41, 5.74) is 1.32. The Morgan fingerprint density at radius 3 is 3.00 bits per heavy atom. The molecule has 100 valence electrons. The Labute approximate surface area is 111 Å². The van der Waals surface area contributed by atoms with Crippen LogP contribution in [-0.2, 0) is 6.54 Å². The maximum atomic E-state index is 4.43. The molecule has 0 spiro atoms. The molecule has 0 amide bonds. The molecule has 1 aliphatic rings. The van der Waals surface area contributed by atoms with Crippen LogP contribution in [0.3, 0.4) is 0 Å². The summed E-state index contributed by atoms with van der Waals surface area (Å²) in [6.45, 7) is 11.2.